The minimum atomic E-state index is -0.287. The molecule has 0 radical (unpaired) electrons. The van der Waals surface area contributed by atoms with Gasteiger partial charge in [-0.15, -0.1) is 0 Å². The van der Waals surface area contributed by atoms with Crippen LogP contribution in [0.1, 0.15) is 44.5 Å². The van der Waals surface area contributed by atoms with E-state index in [0.29, 0.717) is 13.0 Å². The van der Waals surface area contributed by atoms with Crippen LogP contribution < -0.4 is 4.90 Å². The molecule has 1 heterocycles. The fourth-order valence-electron chi connectivity index (χ4n) is 2.86. The van der Waals surface area contributed by atoms with Crippen LogP contribution in [0, 0.1) is 25.2 Å². The fourth-order valence-corrected chi connectivity index (χ4v) is 3.95. The lowest BCUT2D eigenvalue weighted by atomic mass is 10.2. The number of carbonyl (C=O) groups is 1. The number of thioether (sulfide) groups is 1. The normalized spacial score (nSPS) is 11.8. The van der Waals surface area contributed by atoms with Crippen LogP contribution in [0.15, 0.2) is 35.5 Å². The van der Waals surface area contributed by atoms with Gasteiger partial charge in [0.05, 0.1) is 23.4 Å². The van der Waals surface area contributed by atoms with Gasteiger partial charge in [0.25, 0.3) is 0 Å². The number of nitriles is 1. The molecule has 0 saturated heterocycles. The Morgan fingerprint density at radius 2 is 2.04 bits per heavy atom. The molecule has 1 atom stereocenters. The van der Waals surface area contributed by atoms with Gasteiger partial charge in [-0.05, 0) is 39.3 Å². The Morgan fingerprint density at radius 3 is 2.67 bits per heavy atom. The first-order valence-corrected chi connectivity index (χ1v) is 10.3. The molecular weight excluding hydrogens is 356 g/mol. The van der Waals surface area contributed by atoms with Gasteiger partial charge in [-0.3, -0.25) is 4.79 Å². The Balaban J connectivity index is 2.20. The minimum Gasteiger partial charge on any atom is -0.323 e. The Bertz CT molecular complexity index is 795. The molecule has 1 aromatic carbocycles. The second-order valence-corrected chi connectivity index (χ2v) is 7.87. The minimum absolute atomic E-state index is 0.00166. The molecule has 0 aliphatic rings. The molecule has 0 bridgehead atoms. The predicted molar refractivity (Wildman–Crippen MR) is 111 cm³/mol. The number of aryl methyl sites for hydroxylation is 1. The SMILES string of the molecule is CCCCn1c(SC(C)C(=O)N(CCC#N)c2ccccc2)nc(C)c1C. The summed E-state index contributed by atoms with van der Waals surface area (Å²) in [6.45, 7) is 9.49. The summed E-state index contributed by atoms with van der Waals surface area (Å²) in [7, 11) is 0. The van der Waals surface area contributed by atoms with Crippen LogP contribution in [0.5, 0.6) is 0 Å². The number of benzene rings is 1. The van der Waals surface area contributed by atoms with Gasteiger partial charge in [0.15, 0.2) is 5.16 Å². The Labute approximate surface area is 166 Å². The molecule has 2 rings (SSSR count). The van der Waals surface area contributed by atoms with Crippen molar-refractivity contribution in [2.45, 2.75) is 63.9 Å². The molecule has 1 unspecified atom stereocenters. The number of amides is 1. The van der Waals surface area contributed by atoms with Crippen molar-refractivity contribution >= 4 is 23.4 Å². The highest BCUT2D eigenvalue weighted by molar-refractivity contribution is 8.00. The summed E-state index contributed by atoms with van der Waals surface area (Å²) < 4.78 is 2.22. The van der Waals surface area contributed by atoms with E-state index in [4.69, 9.17) is 5.26 Å². The number of hydrogen-bond donors (Lipinski definition) is 0. The zero-order chi connectivity index (χ0) is 19.8. The molecule has 144 valence electrons. The van der Waals surface area contributed by atoms with Gasteiger partial charge < -0.3 is 9.47 Å². The molecule has 0 fully saturated rings. The summed E-state index contributed by atoms with van der Waals surface area (Å²) in [5.74, 6) is 0.00166. The van der Waals surface area contributed by atoms with Gasteiger partial charge in [0, 0.05) is 24.5 Å². The van der Waals surface area contributed by atoms with Crippen molar-refractivity contribution in [3.8, 4) is 6.07 Å². The van der Waals surface area contributed by atoms with Crippen LogP contribution in [0.4, 0.5) is 5.69 Å². The summed E-state index contributed by atoms with van der Waals surface area (Å²) >= 11 is 1.50. The maximum absolute atomic E-state index is 13.1. The number of nitrogens with zero attached hydrogens (tertiary/aromatic N) is 4. The van der Waals surface area contributed by atoms with Crippen molar-refractivity contribution in [2.24, 2.45) is 0 Å². The van der Waals surface area contributed by atoms with Crippen molar-refractivity contribution in [3.05, 3.63) is 41.7 Å². The number of hydrogen-bond acceptors (Lipinski definition) is 4. The first-order valence-electron chi connectivity index (χ1n) is 9.43. The van der Waals surface area contributed by atoms with E-state index in [-0.39, 0.29) is 11.2 Å². The molecule has 27 heavy (non-hydrogen) atoms. The highest BCUT2D eigenvalue weighted by Crippen LogP contribution is 2.28. The zero-order valence-corrected chi connectivity index (χ0v) is 17.4. The summed E-state index contributed by atoms with van der Waals surface area (Å²) in [6, 6.07) is 11.7. The van der Waals surface area contributed by atoms with Gasteiger partial charge in [0.1, 0.15) is 0 Å². The van der Waals surface area contributed by atoms with Gasteiger partial charge in [-0.2, -0.15) is 5.26 Å². The highest BCUT2D eigenvalue weighted by atomic mass is 32.2. The molecule has 0 spiro atoms. The number of para-hydroxylation sites is 1. The number of carbonyl (C=O) groups excluding carboxylic acids is 1. The second-order valence-electron chi connectivity index (χ2n) is 6.56. The topological polar surface area (TPSA) is 61.9 Å². The third-order valence-corrected chi connectivity index (χ3v) is 5.65. The van der Waals surface area contributed by atoms with Crippen LogP contribution in [-0.2, 0) is 11.3 Å². The van der Waals surface area contributed by atoms with E-state index in [9.17, 15) is 4.79 Å². The summed E-state index contributed by atoms with van der Waals surface area (Å²) in [5, 5.41) is 9.57. The van der Waals surface area contributed by atoms with E-state index >= 15 is 0 Å². The Hall–Kier alpha value is -2.26. The number of rotatable bonds is 9. The molecule has 1 amide bonds. The van der Waals surface area contributed by atoms with E-state index in [0.717, 1.165) is 41.6 Å². The molecule has 0 aliphatic heterocycles. The number of aromatic nitrogens is 2. The number of anilines is 1. The van der Waals surface area contributed by atoms with Crippen LogP contribution in [0.3, 0.4) is 0 Å². The standard InChI is InChI=1S/C21H28N4OS/c1-5-6-14-24-17(3)16(2)23-21(24)27-18(4)20(26)25(15-10-13-22)19-11-8-7-9-12-19/h7-9,11-12,18H,5-6,10,14-15H2,1-4H3. The van der Waals surface area contributed by atoms with E-state index in [2.05, 4.69) is 29.5 Å². The van der Waals surface area contributed by atoms with Crippen molar-refractivity contribution in [1.82, 2.24) is 9.55 Å². The van der Waals surface area contributed by atoms with Crippen molar-refractivity contribution in [3.63, 3.8) is 0 Å². The van der Waals surface area contributed by atoms with Gasteiger partial charge >= 0.3 is 0 Å². The van der Waals surface area contributed by atoms with E-state index < -0.39 is 0 Å². The smallest absolute Gasteiger partial charge is 0.240 e. The Morgan fingerprint density at radius 1 is 1.33 bits per heavy atom. The maximum atomic E-state index is 13.1. The molecule has 0 N–H and O–H groups in total. The maximum Gasteiger partial charge on any atom is 0.240 e. The summed E-state index contributed by atoms with van der Waals surface area (Å²) in [6.07, 6.45) is 2.51. The zero-order valence-electron chi connectivity index (χ0n) is 16.6. The van der Waals surface area contributed by atoms with Crippen LogP contribution in [0.25, 0.3) is 0 Å². The van der Waals surface area contributed by atoms with Gasteiger partial charge in [-0.1, -0.05) is 43.3 Å². The first-order chi connectivity index (χ1) is 13.0. The van der Waals surface area contributed by atoms with Crippen LogP contribution >= 0.6 is 11.8 Å². The molecule has 2 aromatic rings. The largest absolute Gasteiger partial charge is 0.323 e. The molecule has 6 heteroatoms. The molecule has 1 aromatic heterocycles. The average Bonchev–Trinajstić information content (AvgIpc) is 2.94. The summed E-state index contributed by atoms with van der Waals surface area (Å²) in [5.41, 5.74) is 3.00. The highest BCUT2D eigenvalue weighted by Gasteiger charge is 2.25. The monoisotopic (exact) mass is 384 g/mol. The van der Waals surface area contributed by atoms with Gasteiger partial charge in [0.2, 0.25) is 5.91 Å². The van der Waals surface area contributed by atoms with Gasteiger partial charge in [-0.25, -0.2) is 4.98 Å². The van der Waals surface area contributed by atoms with Crippen molar-refractivity contribution < 1.29 is 4.79 Å². The lowest BCUT2D eigenvalue weighted by Gasteiger charge is -2.25. The molecule has 0 saturated carbocycles. The first kappa shape index (κ1) is 21.0. The Kier molecular flexibility index (Phi) is 7.93. The van der Waals surface area contributed by atoms with Crippen molar-refractivity contribution in [2.75, 3.05) is 11.4 Å². The molecule has 0 aliphatic carbocycles. The van der Waals surface area contributed by atoms with Crippen molar-refractivity contribution in [1.29, 1.82) is 5.26 Å². The van der Waals surface area contributed by atoms with E-state index in [1.54, 1.807) is 4.90 Å². The quantitative estimate of drug-likeness (QED) is 0.587. The lowest BCUT2D eigenvalue weighted by Crippen LogP contribution is -2.37. The lowest BCUT2D eigenvalue weighted by molar-refractivity contribution is -0.117. The average molecular weight is 385 g/mol. The molecular formula is C21H28N4OS. The fraction of sp³-hybridized carbons (Fsp3) is 0.476. The number of unbranched alkanes of at least 4 members (excludes halogenated alkanes) is 1. The summed E-state index contributed by atoms with van der Waals surface area (Å²) in [4.78, 5) is 19.5. The van der Waals surface area contributed by atoms with Crippen LogP contribution in [0.2, 0.25) is 0 Å². The third-order valence-electron chi connectivity index (χ3n) is 4.57. The van der Waals surface area contributed by atoms with E-state index in [1.165, 1.54) is 11.8 Å². The number of imidazole rings is 1. The third kappa shape index (κ3) is 5.36. The predicted octanol–water partition coefficient (Wildman–Crippen LogP) is 4.73. The van der Waals surface area contributed by atoms with E-state index in [1.807, 2.05) is 44.2 Å². The second kappa shape index (κ2) is 10.2. The van der Waals surface area contributed by atoms with Crippen LogP contribution in [-0.4, -0.2) is 27.3 Å². The molecule has 5 nitrogen and oxygen atoms in total.